The van der Waals surface area contributed by atoms with E-state index in [4.69, 9.17) is 16.0 Å². The lowest BCUT2D eigenvalue weighted by Gasteiger charge is -2.19. The van der Waals surface area contributed by atoms with Crippen molar-refractivity contribution in [2.24, 2.45) is 0 Å². The molecule has 1 heterocycles. The number of amides is 1. The van der Waals surface area contributed by atoms with Crippen LogP contribution in [0.1, 0.15) is 6.42 Å². The standard InChI is InChI=1S/C20H18ClFN2O3/c1-23-19(25)7-8-24(2)13-4-6-15-16(11-20(26)27-18(15)10-13)14-5-3-12(22)9-17(14)21/h3-6,9-11H,7-8H2,1-2H3,(H,23,25). The van der Waals surface area contributed by atoms with Crippen molar-refractivity contribution in [3.63, 3.8) is 0 Å². The molecule has 0 aliphatic carbocycles. The highest BCUT2D eigenvalue weighted by Crippen LogP contribution is 2.34. The fraction of sp³-hybridized carbons (Fsp3) is 0.200. The number of hydrogen-bond donors (Lipinski definition) is 1. The molecule has 0 unspecified atom stereocenters. The van der Waals surface area contributed by atoms with Gasteiger partial charge in [-0.15, -0.1) is 0 Å². The molecule has 27 heavy (non-hydrogen) atoms. The first-order valence-electron chi connectivity index (χ1n) is 8.34. The summed E-state index contributed by atoms with van der Waals surface area (Å²) < 4.78 is 18.7. The fourth-order valence-electron chi connectivity index (χ4n) is 2.84. The maximum Gasteiger partial charge on any atom is 0.336 e. The summed E-state index contributed by atoms with van der Waals surface area (Å²) in [6.07, 6.45) is 0.347. The molecule has 1 aromatic heterocycles. The number of nitrogens with zero attached hydrogens (tertiary/aromatic N) is 1. The van der Waals surface area contributed by atoms with Crippen LogP contribution in [0, 0.1) is 5.82 Å². The second-order valence-electron chi connectivity index (χ2n) is 6.13. The molecular formula is C20H18ClFN2O3. The molecule has 1 amide bonds. The van der Waals surface area contributed by atoms with Crippen LogP contribution < -0.4 is 15.8 Å². The summed E-state index contributed by atoms with van der Waals surface area (Å²) in [5.41, 5.74) is 1.80. The minimum absolute atomic E-state index is 0.0533. The van der Waals surface area contributed by atoms with E-state index >= 15 is 0 Å². The normalized spacial score (nSPS) is 10.8. The van der Waals surface area contributed by atoms with Crippen LogP contribution in [0.25, 0.3) is 22.1 Å². The van der Waals surface area contributed by atoms with Crippen LogP contribution in [-0.2, 0) is 4.79 Å². The maximum atomic E-state index is 13.4. The van der Waals surface area contributed by atoms with Gasteiger partial charge in [-0.1, -0.05) is 11.6 Å². The van der Waals surface area contributed by atoms with E-state index in [2.05, 4.69) is 5.32 Å². The molecule has 1 N–H and O–H groups in total. The number of anilines is 1. The average molecular weight is 389 g/mol. The number of carbonyl (C=O) groups is 1. The topological polar surface area (TPSA) is 62.6 Å². The number of benzene rings is 2. The van der Waals surface area contributed by atoms with Gasteiger partial charge in [-0.2, -0.15) is 0 Å². The lowest BCUT2D eigenvalue weighted by atomic mass is 10.0. The monoisotopic (exact) mass is 388 g/mol. The van der Waals surface area contributed by atoms with Gasteiger partial charge < -0.3 is 14.6 Å². The van der Waals surface area contributed by atoms with E-state index in [0.717, 1.165) is 5.69 Å². The van der Waals surface area contributed by atoms with Gasteiger partial charge in [-0.05, 0) is 30.3 Å². The number of halogens is 2. The summed E-state index contributed by atoms with van der Waals surface area (Å²) in [7, 11) is 3.44. The molecule has 0 spiro atoms. The van der Waals surface area contributed by atoms with Crippen molar-refractivity contribution in [1.82, 2.24) is 5.32 Å². The quantitative estimate of drug-likeness (QED) is 0.675. The Hall–Kier alpha value is -2.86. The van der Waals surface area contributed by atoms with E-state index in [9.17, 15) is 14.0 Å². The van der Waals surface area contributed by atoms with Crippen molar-refractivity contribution < 1.29 is 13.6 Å². The minimum atomic E-state index is -0.525. The number of fused-ring (bicyclic) bond motifs is 1. The second-order valence-corrected chi connectivity index (χ2v) is 6.54. The second kappa shape index (κ2) is 7.80. The number of nitrogens with one attached hydrogen (secondary N) is 1. The highest BCUT2D eigenvalue weighted by Gasteiger charge is 2.13. The summed E-state index contributed by atoms with van der Waals surface area (Å²) in [6.45, 7) is 0.513. The largest absolute Gasteiger partial charge is 0.423 e. The van der Waals surface area contributed by atoms with Crippen molar-refractivity contribution in [3.8, 4) is 11.1 Å². The molecule has 0 radical (unpaired) electrons. The summed E-state index contributed by atoms with van der Waals surface area (Å²) in [5.74, 6) is -0.501. The Kier molecular flexibility index (Phi) is 5.46. The van der Waals surface area contributed by atoms with E-state index in [0.29, 0.717) is 35.1 Å². The molecule has 0 bridgehead atoms. The Morgan fingerprint density at radius 1 is 1.19 bits per heavy atom. The molecule has 140 valence electrons. The molecule has 7 heteroatoms. The lowest BCUT2D eigenvalue weighted by molar-refractivity contribution is -0.120. The maximum absolute atomic E-state index is 13.4. The third-order valence-electron chi connectivity index (χ3n) is 4.34. The van der Waals surface area contributed by atoms with Gasteiger partial charge in [0, 0.05) is 61.4 Å². The minimum Gasteiger partial charge on any atom is -0.423 e. The van der Waals surface area contributed by atoms with Gasteiger partial charge in [0.1, 0.15) is 11.4 Å². The predicted octanol–water partition coefficient (Wildman–Crippen LogP) is 3.82. The molecule has 0 aliphatic heterocycles. The lowest BCUT2D eigenvalue weighted by Crippen LogP contribution is -2.26. The van der Waals surface area contributed by atoms with Crippen LogP contribution >= 0.6 is 11.6 Å². The Morgan fingerprint density at radius 2 is 1.96 bits per heavy atom. The van der Waals surface area contributed by atoms with Crippen molar-refractivity contribution in [3.05, 3.63) is 63.7 Å². The first kappa shape index (κ1) is 18.9. The molecule has 5 nitrogen and oxygen atoms in total. The molecule has 3 aromatic rings. The van der Waals surface area contributed by atoms with Gasteiger partial charge in [0.05, 0.1) is 5.02 Å². The average Bonchev–Trinajstić information content (AvgIpc) is 2.64. The van der Waals surface area contributed by atoms with E-state index in [1.165, 1.54) is 24.3 Å². The molecule has 3 rings (SSSR count). The van der Waals surface area contributed by atoms with Gasteiger partial charge in [0.25, 0.3) is 0 Å². The van der Waals surface area contributed by atoms with Gasteiger partial charge in [-0.25, -0.2) is 9.18 Å². The van der Waals surface area contributed by atoms with Gasteiger partial charge in [0.15, 0.2) is 0 Å². The van der Waals surface area contributed by atoms with Crippen LogP contribution in [0.4, 0.5) is 10.1 Å². The van der Waals surface area contributed by atoms with Gasteiger partial charge in [-0.3, -0.25) is 4.79 Å². The molecule has 0 saturated carbocycles. The molecular weight excluding hydrogens is 371 g/mol. The fourth-order valence-corrected chi connectivity index (χ4v) is 3.11. The van der Waals surface area contributed by atoms with E-state index < -0.39 is 11.4 Å². The van der Waals surface area contributed by atoms with Crippen molar-refractivity contribution in [1.29, 1.82) is 0 Å². The summed E-state index contributed by atoms with van der Waals surface area (Å²) in [6, 6.07) is 10.8. The SMILES string of the molecule is CNC(=O)CCN(C)c1ccc2c(-c3ccc(F)cc3Cl)cc(=O)oc2c1. The van der Waals surface area contributed by atoms with Crippen LogP contribution in [0.3, 0.4) is 0 Å². The van der Waals surface area contributed by atoms with Crippen LogP contribution in [-0.4, -0.2) is 26.5 Å². The van der Waals surface area contributed by atoms with Crippen LogP contribution in [0.5, 0.6) is 0 Å². The van der Waals surface area contributed by atoms with E-state index in [-0.39, 0.29) is 10.9 Å². The Morgan fingerprint density at radius 3 is 2.67 bits per heavy atom. The van der Waals surface area contributed by atoms with E-state index in [1.807, 2.05) is 24.1 Å². The zero-order valence-electron chi connectivity index (χ0n) is 14.9. The zero-order chi connectivity index (χ0) is 19.6. The van der Waals surface area contributed by atoms with E-state index in [1.54, 1.807) is 13.1 Å². The molecule has 0 atom stereocenters. The van der Waals surface area contributed by atoms with Crippen molar-refractivity contribution >= 4 is 34.2 Å². The Balaban J connectivity index is 2.03. The Labute approximate surface area is 160 Å². The predicted molar refractivity (Wildman–Crippen MR) is 105 cm³/mol. The summed E-state index contributed by atoms with van der Waals surface area (Å²) >= 11 is 6.16. The zero-order valence-corrected chi connectivity index (χ0v) is 15.6. The third-order valence-corrected chi connectivity index (χ3v) is 4.66. The van der Waals surface area contributed by atoms with Gasteiger partial charge in [0.2, 0.25) is 5.91 Å². The number of hydrogen-bond acceptors (Lipinski definition) is 4. The highest BCUT2D eigenvalue weighted by atomic mass is 35.5. The summed E-state index contributed by atoms with van der Waals surface area (Å²) in [4.78, 5) is 25.4. The van der Waals surface area contributed by atoms with Crippen LogP contribution in [0.2, 0.25) is 5.02 Å². The molecule has 2 aromatic carbocycles. The Bertz CT molecular complexity index is 1060. The molecule has 0 saturated heterocycles. The number of carbonyl (C=O) groups excluding carboxylic acids is 1. The molecule has 0 aliphatic rings. The number of rotatable bonds is 5. The summed E-state index contributed by atoms with van der Waals surface area (Å²) in [5, 5.41) is 3.48. The first-order chi connectivity index (χ1) is 12.9. The van der Waals surface area contributed by atoms with Crippen molar-refractivity contribution in [2.75, 3.05) is 25.5 Å². The first-order valence-corrected chi connectivity index (χ1v) is 8.72. The van der Waals surface area contributed by atoms with Crippen LogP contribution in [0.15, 0.2) is 51.7 Å². The molecule has 0 fully saturated rings. The highest BCUT2D eigenvalue weighted by molar-refractivity contribution is 6.33. The third kappa shape index (κ3) is 4.11. The van der Waals surface area contributed by atoms with Gasteiger partial charge >= 0.3 is 5.63 Å². The van der Waals surface area contributed by atoms with Crippen molar-refractivity contribution in [2.45, 2.75) is 6.42 Å². The smallest absolute Gasteiger partial charge is 0.336 e.